The number of anilines is 2. The van der Waals surface area contributed by atoms with Crippen LogP contribution in [0.5, 0.6) is 11.5 Å². The number of rotatable bonds is 4. The van der Waals surface area contributed by atoms with Gasteiger partial charge in [-0.05, 0) is 18.9 Å². The molecular formula is C19H25N5O4. The molecule has 0 aliphatic carbocycles. The molecule has 2 fully saturated rings. The van der Waals surface area contributed by atoms with Crippen LogP contribution in [0.4, 0.5) is 11.8 Å². The first-order chi connectivity index (χ1) is 16.7. The maximum Gasteiger partial charge on any atom is 0.251 e. The molecule has 2 N–H and O–H groups in total. The number of carbonyl (C=O) groups is 1. The van der Waals surface area contributed by atoms with Crippen LogP contribution in [0.15, 0.2) is 12.1 Å². The van der Waals surface area contributed by atoms with Gasteiger partial charge in [-0.3, -0.25) is 4.79 Å². The summed E-state index contributed by atoms with van der Waals surface area (Å²) in [6.07, 6.45) is 1.12. The molecular weight excluding hydrogens is 362 g/mol. The van der Waals surface area contributed by atoms with Crippen molar-refractivity contribution in [1.29, 1.82) is 0 Å². The summed E-state index contributed by atoms with van der Waals surface area (Å²) in [6, 6.07) is -1.23. The molecule has 0 spiro atoms. The van der Waals surface area contributed by atoms with Gasteiger partial charge in [0.15, 0.2) is 11.5 Å². The van der Waals surface area contributed by atoms with Gasteiger partial charge in [0.2, 0.25) is 5.95 Å². The van der Waals surface area contributed by atoms with E-state index in [0.717, 1.165) is 6.42 Å². The Bertz CT molecular complexity index is 1160. The topological polar surface area (TPSA) is 103 Å². The van der Waals surface area contributed by atoms with Gasteiger partial charge in [0.25, 0.3) is 5.91 Å². The highest BCUT2D eigenvalue weighted by Crippen LogP contribution is 2.34. The van der Waals surface area contributed by atoms with Crippen LogP contribution in [-0.2, 0) is 9.53 Å². The molecule has 2 aliphatic heterocycles. The van der Waals surface area contributed by atoms with Gasteiger partial charge in [0.1, 0.15) is 11.9 Å². The number of carbonyl (C=O) groups excluding carboxylic acids is 1. The summed E-state index contributed by atoms with van der Waals surface area (Å²) in [7, 11) is -6.12. The predicted molar refractivity (Wildman–Crippen MR) is 105 cm³/mol. The minimum Gasteiger partial charge on any atom is -0.493 e. The van der Waals surface area contributed by atoms with Crippen LogP contribution in [0.1, 0.15) is 23.8 Å². The standard InChI is InChI=1S/C19H25N5O4/c1-26-15-10-12-13(11-16(15)27-2)21-19(22-17(12)20)24-7-5-23(6-8-24)18(25)14-4-3-9-28-14/h10-11,14H,3-9H2,1-2H3,(H2,20,21,22)/i1D3,2D3,10D,11D. The molecule has 150 valence electrons. The van der Waals surface area contributed by atoms with Crippen LogP contribution < -0.4 is 20.1 Å². The lowest BCUT2D eigenvalue weighted by Crippen LogP contribution is -2.51. The third kappa shape index (κ3) is 3.37. The Hall–Kier alpha value is -2.81. The van der Waals surface area contributed by atoms with E-state index in [1.54, 1.807) is 9.80 Å². The van der Waals surface area contributed by atoms with Crippen LogP contribution in [0.2, 0.25) is 0 Å². The van der Waals surface area contributed by atoms with Crippen LogP contribution in [-0.4, -0.2) is 73.7 Å². The number of aromatic nitrogens is 2. The fourth-order valence-electron chi connectivity index (χ4n) is 3.40. The second-order valence-electron chi connectivity index (χ2n) is 6.56. The van der Waals surface area contributed by atoms with E-state index >= 15 is 0 Å². The lowest BCUT2D eigenvalue weighted by molar-refractivity contribution is -0.141. The molecule has 1 amide bonds. The quantitative estimate of drug-likeness (QED) is 0.820. The minimum absolute atomic E-state index is 0.0633. The summed E-state index contributed by atoms with van der Waals surface area (Å²) in [4.78, 5) is 24.6. The van der Waals surface area contributed by atoms with Crippen molar-refractivity contribution in [1.82, 2.24) is 14.9 Å². The normalized spacial score (nSPS) is 24.9. The molecule has 2 saturated heterocycles. The number of benzene rings is 1. The number of nitrogen functional groups attached to an aromatic ring is 1. The van der Waals surface area contributed by atoms with Crippen LogP contribution in [0, 0.1) is 0 Å². The molecule has 28 heavy (non-hydrogen) atoms. The fourth-order valence-corrected chi connectivity index (χ4v) is 3.40. The lowest BCUT2D eigenvalue weighted by Gasteiger charge is -2.35. The maximum atomic E-state index is 12.6. The van der Waals surface area contributed by atoms with Crippen molar-refractivity contribution >= 4 is 28.6 Å². The van der Waals surface area contributed by atoms with Gasteiger partial charge in [0.05, 0.1) is 30.6 Å². The van der Waals surface area contributed by atoms with Crippen LogP contribution in [0.25, 0.3) is 10.9 Å². The fraction of sp³-hybridized carbons (Fsp3) is 0.526. The summed E-state index contributed by atoms with van der Waals surface area (Å²) in [5.41, 5.74) is 5.89. The highest BCUT2D eigenvalue weighted by atomic mass is 16.5. The highest BCUT2D eigenvalue weighted by Gasteiger charge is 2.31. The summed E-state index contributed by atoms with van der Waals surface area (Å²) in [6.45, 7) is 2.07. The van der Waals surface area contributed by atoms with Crippen molar-refractivity contribution in [3.8, 4) is 11.5 Å². The lowest BCUT2D eigenvalue weighted by atomic mass is 10.2. The number of hydrogen-bond donors (Lipinski definition) is 1. The molecule has 0 radical (unpaired) electrons. The average Bonchev–Trinajstić information content (AvgIpc) is 3.32. The first-order valence-corrected chi connectivity index (χ1v) is 8.89. The van der Waals surface area contributed by atoms with Gasteiger partial charge in [-0.1, -0.05) is 0 Å². The van der Waals surface area contributed by atoms with Gasteiger partial charge in [-0.2, -0.15) is 4.98 Å². The molecule has 3 heterocycles. The molecule has 4 rings (SSSR count). The second kappa shape index (κ2) is 7.67. The molecule has 2 aliphatic rings. The number of nitrogens with zero attached hydrogens (tertiary/aromatic N) is 4. The Balaban J connectivity index is 1.69. The van der Waals surface area contributed by atoms with E-state index in [4.69, 9.17) is 30.9 Å². The Morgan fingerprint density at radius 3 is 2.68 bits per heavy atom. The number of piperazine rings is 1. The third-order valence-electron chi connectivity index (χ3n) is 4.89. The zero-order valence-electron chi connectivity index (χ0n) is 23.0. The average molecular weight is 395 g/mol. The van der Waals surface area contributed by atoms with Crippen molar-refractivity contribution in [2.24, 2.45) is 0 Å². The molecule has 9 heteroatoms. The largest absolute Gasteiger partial charge is 0.493 e. The van der Waals surface area contributed by atoms with E-state index in [1.165, 1.54) is 0 Å². The van der Waals surface area contributed by atoms with Crippen molar-refractivity contribution in [2.45, 2.75) is 18.9 Å². The van der Waals surface area contributed by atoms with Gasteiger partial charge >= 0.3 is 0 Å². The maximum absolute atomic E-state index is 12.6. The molecule has 0 bridgehead atoms. The Kier molecular flexibility index (Phi) is 3.08. The van der Waals surface area contributed by atoms with E-state index in [2.05, 4.69) is 9.97 Å². The minimum atomic E-state index is -3.06. The Labute approximate surface area is 174 Å². The Morgan fingerprint density at radius 2 is 2.00 bits per heavy atom. The molecule has 0 saturated carbocycles. The van der Waals surface area contributed by atoms with Gasteiger partial charge in [-0.25, -0.2) is 4.98 Å². The molecule has 1 aromatic heterocycles. The number of amides is 1. The number of fused-ring (bicyclic) bond motifs is 1. The zero-order valence-corrected chi connectivity index (χ0v) is 15.0. The number of nitrogens with two attached hydrogens (primary N) is 1. The summed E-state index contributed by atoms with van der Waals surface area (Å²) < 4.78 is 76.4. The van der Waals surface area contributed by atoms with E-state index in [1.807, 2.05) is 0 Å². The van der Waals surface area contributed by atoms with E-state index in [9.17, 15) is 4.79 Å². The van der Waals surface area contributed by atoms with Crippen molar-refractivity contribution in [3.05, 3.63) is 12.1 Å². The summed E-state index contributed by atoms with van der Waals surface area (Å²) in [5.74, 6) is -1.71. The molecule has 1 atom stereocenters. The summed E-state index contributed by atoms with van der Waals surface area (Å²) in [5, 5.41) is -0.173. The van der Waals surface area contributed by atoms with Crippen molar-refractivity contribution in [2.75, 3.05) is 57.5 Å². The smallest absolute Gasteiger partial charge is 0.251 e. The number of hydrogen-bond acceptors (Lipinski definition) is 8. The van der Waals surface area contributed by atoms with Gasteiger partial charge in [-0.15, -0.1) is 0 Å². The molecule has 2 aromatic rings. The van der Waals surface area contributed by atoms with Crippen LogP contribution >= 0.6 is 0 Å². The predicted octanol–water partition coefficient (Wildman–Crippen LogP) is 1.06. The monoisotopic (exact) mass is 395 g/mol. The van der Waals surface area contributed by atoms with Crippen LogP contribution in [0.3, 0.4) is 0 Å². The van der Waals surface area contributed by atoms with Crippen molar-refractivity contribution < 1.29 is 30.0 Å². The first kappa shape index (κ1) is 11.3. The Morgan fingerprint density at radius 1 is 1.25 bits per heavy atom. The SMILES string of the molecule is [2H]c1c(OC([2H])([2H])[2H])c(OC([2H])([2H])[2H])c([2H])c2c(N)nc(N3CCN(C(=O)C4CCCO4)CC3)nc12. The zero-order chi connectivity index (χ0) is 26.4. The first-order valence-electron chi connectivity index (χ1n) is 12.9. The number of ether oxygens (including phenoxy) is 3. The number of methoxy groups -OCH3 is 2. The van der Waals surface area contributed by atoms with E-state index in [0.29, 0.717) is 39.2 Å². The molecule has 1 unspecified atom stereocenters. The molecule has 9 nitrogen and oxygen atoms in total. The summed E-state index contributed by atoms with van der Waals surface area (Å²) >= 11 is 0. The van der Waals surface area contributed by atoms with Gasteiger partial charge < -0.3 is 29.7 Å². The molecule has 1 aromatic carbocycles. The highest BCUT2D eigenvalue weighted by molar-refractivity contribution is 5.91. The van der Waals surface area contributed by atoms with E-state index in [-0.39, 0.29) is 28.6 Å². The van der Waals surface area contributed by atoms with Crippen molar-refractivity contribution in [3.63, 3.8) is 0 Å². The second-order valence-corrected chi connectivity index (χ2v) is 6.56. The third-order valence-corrected chi connectivity index (χ3v) is 4.89. The van der Waals surface area contributed by atoms with E-state index < -0.39 is 43.8 Å². The van der Waals surface area contributed by atoms with Gasteiger partial charge in [0, 0.05) is 44.2 Å².